The second-order valence-electron chi connectivity index (χ2n) is 5.46. The van der Waals surface area contributed by atoms with Gasteiger partial charge in [0.15, 0.2) is 12.7 Å². The Kier molecular flexibility index (Phi) is 6.40. The van der Waals surface area contributed by atoms with Gasteiger partial charge in [0.05, 0.1) is 0 Å². The van der Waals surface area contributed by atoms with E-state index in [0.717, 1.165) is 25.7 Å². The maximum Gasteiger partial charge on any atom is 0.335 e. The van der Waals surface area contributed by atoms with Crippen LogP contribution in [0.1, 0.15) is 38.2 Å². The summed E-state index contributed by atoms with van der Waals surface area (Å²) in [4.78, 5) is 23.4. The molecular formula is C17H23NO4. The van der Waals surface area contributed by atoms with E-state index in [0.29, 0.717) is 18.7 Å². The number of hydrogen-bond donors (Lipinski definition) is 1. The Morgan fingerprint density at radius 3 is 2.73 bits per heavy atom. The molecule has 1 aromatic carbocycles. The van der Waals surface area contributed by atoms with Crippen molar-refractivity contribution in [1.29, 1.82) is 0 Å². The van der Waals surface area contributed by atoms with Crippen molar-refractivity contribution >= 4 is 17.6 Å². The second kappa shape index (κ2) is 8.54. The van der Waals surface area contributed by atoms with E-state index < -0.39 is 12.1 Å². The number of esters is 1. The summed E-state index contributed by atoms with van der Waals surface area (Å²) >= 11 is 0. The van der Waals surface area contributed by atoms with Crippen molar-refractivity contribution in [3.05, 3.63) is 29.8 Å². The Morgan fingerprint density at radius 2 is 2.09 bits per heavy atom. The third-order valence-corrected chi connectivity index (χ3v) is 3.59. The van der Waals surface area contributed by atoms with Crippen LogP contribution < -0.4 is 5.32 Å². The number of amides is 1. The van der Waals surface area contributed by atoms with Gasteiger partial charge in [0.25, 0.3) is 5.91 Å². The molecule has 1 saturated heterocycles. The number of unbranched alkanes of at least 4 members (excludes halogenated alkanes) is 1. The molecule has 5 nitrogen and oxygen atoms in total. The van der Waals surface area contributed by atoms with Gasteiger partial charge in [0.2, 0.25) is 0 Å². The van der Waals surface area contributed by atoms with E-state index in [1.807, 2.05) is 24.3 Å². The number of rotatable bonds is 7. The zero-order valence-electron chi connectivity index (χ0n) is 13.0. The molecule has 0 radical (unpaired) electrons. The summed E-state index contributed by atoms with van der Waals surface area (Å²) in [5, 5.41) is 2.71. The predicted octanol–water partition coefficient (Wildman–Crippen LogP) is 2.69. The fourth-order valence-corrected chi connectivity index (χ4v) is 2.33. The van der Waals surface area contributed by atoms with Crippen LogP contribution >= 0.6 is 0 Å². The summed E-state index contributed by atoms with van der Waals surface area (Å²) in [6.45, 7) is 2.46. The van der Waals surface area contributed by atoms with Crippen LogP contribution in [0.3, 0.4) is 0 Å². The number of carbonyl (C=O) groups excluding carboxylic acids is 2. The molecule has 0 bridgehead atoms. The molecule has 1 fully saturated rings. The summed E-state index contributed by atoms with van der Waals surface area (Å²) in [6, 6.07) is 7.74. The fraction of sp³-hybridized carbons (Fsp3) is 0.529. The van der Waals surface area contributed by atoms with Gasteiger partial charge in [-0.2, -0.15) is 0 Å². The smallest absolute Gasteiger partial charge is 0.335 e. The first-order valence-corrected chi connectivity index (χ1v) is 7.86. The lowest BCUT2D eigenvalue weighted by molar-refractivity contribution is -0.156. The van der Waals surface area contributed by atoms with Crippen molar-refractivity contribution in [3.8, 4) is 0 Å². The normalized spacial score (nSPS) is 17.2. The molecule has 1 aliphatic heterocycles. The number of ether oxygens (including phenoxy) is 2. The Hall–Kier alpha value is -1.88. The van der Waals surface area contributed by atoms with Crippen LogP contribution in [0.5, 0.6) is 0 Å². The van der Waals surface area contributed by atoms with Crippen molar-refractivity contribution in [2.75, 3.05) is 18.5 Å². The summed E-state index contributed by atoms with van der Waals surface area (Å²) in [5.41, 5.74) is 1.96. The largest absolute Gasteiger partial charge is 0.454 e. The van der Waals surface area contributed by atoms with E-state index >= 15 is 0 Å². The highest BCUT2D eigenvalue weighted by Crippen LogP contribution is 2.14. The number of aryl methyl sites for hydroxylation is 1. The topological polar surface area (TPSA) is 64.6 Å². The molecule has 1 amide bonds. The van der Waals surface area contributed by atoms with Gasteiger partial charge in [0, 0.05) is 12.3 Å². The van der Waals surface area contributed by atoms with Gasteiger partial charge in [-0.3, -0.25) is 4.79 Å². The molecule has 1 unspecified atom stereocenters. The quantitative estimate of drug-likeness (QED) is 0.787. The van der Waals surface area contributed by atoms with Gasteiger partial charge in [-0.25, -0.2) is 4.79 Å². The summed E-state index contributed by atoms with van der Waals surface area (Å²) in [7, 11) is 0. The maximum absolute atomic E-state index is 11.8. The first-order chi connectivity index (χ1) is 10.7. The van der Waals surface area contributed by atoms with E-state index in [2.05, 4.69) is 12.2 Å². The van der Waals surface area contributed by atoms with Gasteiger partial charge in [-0.1, -0.05) is 25.5 Å². The van der Waals surface area contributed by atoms with Gasteiger partial charge in [-0.05, 0) is 43.4 Å². The van der Waals surface area contributed by atoms with Crippen LogP contribution in [0.25, 0.3) is 0 Å². The maximum atomic E-state index is 11.8. The van der Waals surface area contributed by atoms with Gasteiger partial charge >= 0.3 is 5.97 Å². The molecule has 1 heterocycles. The Labute approximate surface area is 131 Å². The number of carbonyl (C=O) groups is 2. The average molecular weight is 305 g/mol. The molecule has 0 spiro atoms. The molecule has 120 valence electrons. The van der Waals surface area contributed by atoms with E-state index in [1.165, 1.54) is 5.56 Å². The lowest BCUT2D eigenvalue weighted by atomic mass is 10.1. The molecule has 22 heavy (non-hydrogen) atoms. The van der Waals surface area contributed by atoms with Gasteiger partial charge in [0.1, 0.15) is 0 Å². The van der Waals surface area contributed by atoms with Crippen LogP contribution in [0, 0.1) is 0 Å². The van der Waals surface area contributed by atoms with Gasteiger partial charge < -0.3 is 14.8 Å². The summed E-state index contributed by atoms with van der Waals surface area (Å²) in [6.07, 6.45) is 4.38. The van der Waals surface area contributed by atoms with Crippen molar-refractivity contribution in [2.45, 2.75) is 45.1 Å². The first-order valence-electron chi connectivity index (χ1n) is 7.86. The molecule has 1 aromatic rings. The molecule has 1 N–H and O–H groups in total. The van der Waals surface area contributed by atoms with Crippen LogP contribution in [0.15, 0.2) is 24.3 Å². The average Bonchev–Trinajstić information content (AvgIpc) is 3.06. The molecule has 1 atom stereocenters. The molecule has 2 rings (SSSR count). The minimum atomic E-state index is -0.509. The van der Waals surface area contributed by atoms with E-state index in [9.17, 15) is 9.59 Å². The Balaban J connectivity index is 1.73. The van der Waals surface area contributed by atoms with Gasteiger partial charge in [-0.15, -0.1) is 0 Å². The van der Waals surface area contributed by atoms with Crippen LogP contribution in [-0.2, 0) is 25.5 Å². The second-order valence-corrected chi connectivity index (χ2v) is 5.46. The Bertz CT molecular complexity index is 492. The standard InChI is InChI=1S/C17H23NO4/c1-2-3-5-13-7-9-14(10-8-13)18-16(19)12-22-17(20)15-6-4-11-21-15/h7-10,15H,2-6,11-12H2,1H3,(H,18,19). The third kappa shape index (κ3) is 5.15. The molecule has 5 heteroatoms. The third-order valence-electron chi connectivity index (χ3n) is 3.59. The number of benzene rings is 1. The highest BCUT2D eigenvalue weighted by molar-refractivity contribution is 5.93. The van der Waals surface area contributed by atoms with Crippen molar-refractivity contribution in [3.63, 3.8) is 0 Å². The lowest BCUT2D eigenvalue weighted by Crippen LogP contribution is -2.27. The van der Waals surface area contributed by atoms with Crippen LogP contribution in [0.4, 0.5) is 5.69 Å². The van der Waals surface area contributed by atoms with Crippen LogP contribution in [0.2, 0.25) is 0 Å². The summed E-state index contributed by atoms with van der Waals surface area (Å²) in [5.74, 6) is -0.796. The zero-order chi connectivity index (χ0) is 15.8. The van der Waals surface area contributed by atoms with E-state index in [4.69, 9.17) is 9.47 Å². The minimum absolute atomic E-state index is 0.281. The zero-order valence-corrected chi connectivity index (χ0v) is 13.0. The first kappa shape index (κ1) is 16.5. The van der Waals surface area contributed by atoms with E-state index in [1.54, 1.807) is 0 Å². The number of anilines is 1. The molecule has 0 saturated carbocycles. The predicted molar refractivity (Wildman–Crippen MR) is 83.6 cm³/mol. The minimum Gasteiger partial charge on any atom is -0.454 e. The molecule has 0 aromatic heterocycles. The highest BCUT2D eigenvalue weighted by Gasteiger charge is 2.25. The van der Waals surface area contributed by atoms with Crippen molar-refractivity contribution < 1.29 is 19.1 Å². The van der Waals surface area contributed by atoms with Crippen molar-refractivity contribution in [1.82, 2.24) is 0 Å². The molecule has 1 aliphatic rings. The fourth-order valence-electron chi connectivity index (χ4n) is 2.33. The van der Waals surface area contributed by atoms with E-state index in [-0.39, 0.29) is 12.5 Å². The SMILES string of the molecule is CCCCc1ccc(NC(=O)COC(=O)C2CCCO2)cc1. The molecular weight excluding hydrogens is 282 g/mol. The van der Waals surface area contributed by atoms with Crippen molar-refractivity contribution in [2.24, 2.45) is 0 Å². The van der Waals surface area contributed by atoms with Crippen LogP contribution in [-0.4, -0.2) is 31.2 Å². The summed E-state index contributed by atoms with van der Waals surface area (Å²) < 4.78 is 10.2. The lowest BCUT2D eigenvalue weighted by Gasteiger charge is -2.10. The number of nitrogens with one attached hydrogen (secondary N) is 1. The monoisotopic (exact) mass is 305 g/mol. The highest BCUT2D eigenvalue weighted by atomic mass is 16.6. The number of hydrogen-bond acceptors (Lipinski definition) is 4. The Morgan fingerprint density at radius 1 is 1.32 bits per heavy atom. The molecule has 0 aliphatic carbocycles.